The molecule has 2 saturated heterocycles. The van der Waals surface area contributed by atoms with Crippen LogP contribution < -0.4 is 5.32 Å². The Morgan fingerprint density at radius 2 is 1.88 bits per heavy atom. The van der Waals surface area contributed by atoms with Gasteiger partial charge in [0.25, 0.3) is 0 Å². The molecule has 0 unspecified atom stereocenters. The van der Waals surface area contributed by atoms with E-state index in [9.17, 15) is 5.11 Å². The first-order valence-corrected chi connectivity index (χ1v) is 5.62. The van der Waals surface area contributed by atoms with E-state index in [1.165, 1.54) is 0 Å². The van der Waals surface area contributed by atoms with Gasteiger partial charge in [-0.05, 0) is 13.8 Å². The van der Waals surface area contributed by atoms with Crippen molar-refractivity contribution in [1.82, 2.24) is 5.32 Å². The predicted octanol–water partition coefficient (Wildman–Crippen LogP) is -0.617. The van der Waals surface area contributed by atoms with E-state index in [2.05, 4.69) is 11.4 Å². The van der Waals surface area contributed by atoms with Gasteiger partial charge in [0.2, 0.25) is 0 Å². The lowest BCUT2D eigenvalue weighted by Gasteiger charge is -2.49. The van der Waals surface area contributed by atoms with E-state index in [0.717, 1.165) is 0 Å². The molecule has 2 heterocycles. The molecule has 96 valence electrons. The molecule has 2 fully saturated rings. The summed E-state index contributed by atoms with van der Waals surface area (Å²) in [6.45, 7) is 4.75. The maximum atomic E-state index is 9.31. The van der Waals surface area contributed by atoms with Crippen molar-refractivity contribution in [3.63, 3.8) is 0 Å². The monoisotopic (exact) mass is 242 g/mol. The Bertz CT molecular complexity index is 329. The molecular formula is C11H18N2O4. The number of hydrogen-bond donors (Lipinski definition) is 2. The second-order valence-electron chi connectivity index (χ2n) is 5.23. The third-order valence-corrected chi connectivity index (χ3v) is 3.11. The SMILES string of the molecule is CC1(C)OCC2(COC[C@@](C#N)(CO)N2)CO1. The Morgan fingerprint density at radius 1 is 1.24 bits per heavy atom. The number of nitrogens with zero attached hydrogens (tertiary/aromatic N) is 1. The quantitative estimate of drug-likeness (QED) is 0.637. The lowest BCUT2D eigenvalue weighted by molar-refractivity contribution is -0.285. The summed E-state index contributed by atoms with van der Waals surface area (Å²) < 4.78 is 16.6. The summed E-state index contributed by atoms with van der Waals surface area (Å²) in [6, 6.07) is 2.06. The zero-order chi connectivity index (χ0) is 12.6. The number of aliphatic hydroxyl groups excluding tert-OH is 1. The van der Waals surface area contributed by atoms with Crippen molar-refractivity contribution < 1.29 is 19.3 Å². The van der Waals surface area contributed by atoms with Crippen molar-refractivity contribution in [3.8, 4) is 6.07 Å². The number of ether oxygens (including phenoxy) is 3. The van der Waals surface area contributed by atoms with Crippen LogP contribution >= 0.6 is 0 Å². The molecule has 6 heteroatoms. The van der Waals surface area contributed by atoms with Crippen LogP contribution in [0.5, 0.6) is 0 Å². The van der Waals surface area contributed by atoms with Gasteiger partial charge in [-0.25, -0.2) is 0 Å². The smallest absolute Gasteiger partial charge is 0.162 e. The van der Waals surface area contributed by atoms with Crippen LogP contribution in [0.3, 0.4) is 0 Å². The van der Waals surface area contributed by atoms with Crippen molar-refractivity contribution in [1.29, 1.82) is 5.26 Å². The van der Waals surface area contributed by atoms with E-state index in [1.54, 1.807) is 0 Å². The Labute approximate surface area is 100 Å². The minimum absolute atomic E-state index is 0.172. The lowest BCUT2D eigenvalue weighted by atomic mass is 9.92. The highest BCUT2D eigenvalue weighted by atomic mass is 16.7. The first-order chi connectivity index (χ1) is 7.95. The molecule has 1 atom stereocenters. The van der Waals surface area contributed by atoms with Crippen LogP contribution in [0.4, 0.5) is 0 Å². The minimum Gasteiger partial charge on any atom is -0.393 e. The van der Waals surface area contributed by atoms with Crippen LogP contribution in [0.1, 0.15) is 13.8 Å². The summed E-state index contributed by atoms with van der Waals surface area (Å²) in [7, 11) is 0. The summed E-state index contributed by atoms with van der Waals surface area (Å²) >= 11 is 0. The van der Waals surface area contributed by atoms with Crippen LogP contribution in [-0.4, -0.2) is 55.0 Å². The molecule has 2 rings (SSSR count). The van der Waals surface area contributed by atoms with Crippen molar-refractivity contribution in [2.24, 2.45) is 0 Å². The largest absolute Gasteiger partial charge is 0.393 e. The number of morpholine rings is 1. The topological polar surface area (TPSA) is 83.7 Å². The van der Waals surface area contributed by atoms with Gasteiger partial charge in [-0.1, -0.05) is 0 Å². The normalized spacial score (nSPS) is 35.4. The first kappa shape index (κ1) is 12.7. The number of aliphatic hydroxyl groups is 1. The van der Waals surface area contributed by atoms with Crippen LogP contribution in [0.25, 0.3) is 0 Å². The molecule has 0 aromatic rings. The standard InChI is InChI=1S/C11H18N2O4/c1-9(2)16-7-11(8-17-9)6-15-5-10(3-12,4-14)13-11/h13-14H,4-8H2,1-2H3/t10-/m1/s1. The fourth-order valence-electron chi connectivity index (χ4n) is 2.04. The summed E-state index contributed by atoms with van der Waals surface area (Å²) in [6.07, 6.45) is 0. The third kappa shape index (κ3) is 2.44. The second-order valence-corrected chi connectivity index (χ2v) is 5.23. The van der Waals surface area contributed by atoms with E-state index in [1.807, 2.05) is 13.8 Å². The third-order valence-electron chi connectivity index (χ3n) is 3.11. The molecule has 2 N–H and O–H groups in total. The van der Waals surface area contributed by atoms with E-state index >= 15 is 0 Å². The van der Waals surface area contributed by atoms with Gasteiger partial charge in [0.1, 0.15) is 0 Å². The average Bonchev–Trinajstić information content (AvgIpc) is 2.34. The number of nitriles is 1. The molecule has 2 aliphatic rings. The number of rotatable bonds is 1. The highest BCUT2D eigenvalue weighted by Crippen LogP contribution is 2.28. The molecule has 17 heavy (non-hydrogen) atoms. The van der Waals surface area contributed by atoms with Crippen molar-refractivity contribution >= 4 is 0 Å². The molecule has 6 nitrogen and oxygen atoms in total. The van der Waals surface area contributed by atoms with Crippen LogP contribution in [-0.2, 0) is 14.2 Å². The van der Waals surface area contributed by atoms with Crippen molar-refractivity contribution in [3.05, 3.63) is 0 Å². The van der Waals surface area contributed by atoms with Crippen LogP contribution in [0.15, 0.2) is 0 Å². The van der Waals surface area contributed by atoms with Gasteiger partial charge in [0, 0.05) is 0 Å². The predicted molar refractivity (Wildman–Crippen MR) is 58.1 cm³/mol. The summed E-state index contributed by atoms with van der Waals surface area (Å²) in [5.74, 6) is -0.612. The fourth-order valence-corrected chi connectivity index (χ4v) is 2.04. The van der Waals surface area contributed by atoms with Gasteiger partial charge in [0.15, 0.2) is 11.3 Å². The van der Waals surface area contributed by atoms with E-state index in [4.69, 9.17) is 19.5 Å². The number of hydrogen-bond acceptors (Lipinski definition) is 6. The van der Waals surface area contributed by atoms with Gasteiger partial charge in [-0.2, -0.15) is 5.26 Å². The summed E-state index contributed by atoms with van der Waals surface area (Å²) in [4.78, 5) is 0. The summed E-state index contributed by atoms with van der Waals surface area (Å²) in [5, 5.41) is 21.6. The molecule has 0 aliphatic carbocycles. The zero-order valence-corrected chi connectivity index (χ0v) is 10.2. The molecule has 0 radical (unpaired) electrons. The van der Waals surface area contributed by atoms with E-state index < -0.39 is 16.9 Å². The van der Waals surface area contributed by atoms with Gasteiger partial charge in [-0.15, -0.1) is 0 Å². The van der Waals surface area contributed by atoms with Gasteiger partial charge < -0.3 is 19.3 Å². The molecular weight excluding hydrogens is 224 g/mol. The molecule has 2 aliphatic heterocycles. The van der Waals surface area contributed by atoms with Crippen molar-refractivity contribution in [2.45, 2.75) is 30.7 Å². The maximum absolute atomic E-state index is 9.31. The first-order valence-electron chi connectivity index (χ1n) is 5.62. The number of nitrogens with one attached hydrogen (secondary N) is 1. The maximum Gasteiger partial charge on any atom is 0.162 e. The van der Waals surface area contributed by atoms with Crippen LogP contribution in [0.2, 0.25) is 0 Å². The Kier molecular flexibility index (Phi) is 3.14. The molecule has 0 bridgehead atoms. The van der Waals surface area contributed by atoms with Gasteiger partial charge >= 0.3 is 0 Å². The Balaban J connectivity index is 2.10. The molecule has 0 saturated carbocycles. The Hall–Kier alpha value is -0.710. The fraction of sp³-hybridized carbons (Fsp3) is 0.909. The molecule has 0 aromatic heterocycles. The van der Waals surface area contributed by atoms with Gasteiger partial charge in [0.05, 0.1) is 44.6 Å². The van der Waals surface area contributed by atoms with E-state index in [-0.39, 0.29) is 13.2 Å². The molecule has 0 aromatic carbocycles. The van der Waals surface area contributed by atoms with E-state index in [0.29, 0.717) is 19.8 Å². The summed E-state index contributed by atoms with van der Waals surface area (Å²) in [5.41, 5.74) is -1.61. The minimum atomic E-state index is -1.06. The lowest BCUT2D eigenvalue weighted by Crippen LogP contribution is -2.73. The van der Waals surface area contributed by atoms with Gasteiger partial charge in [-0.3, -0.25) is 5.32 Å². The molecule has 0 amide bonds. The highest BCUT2D eigenvalue weighted by molar-refractivity contribution is 5.14. The average molecular weight is 242 g/mol. The Morgan fingerprint density at radius 3 is 2.41 bits per heavy atom. The zero-order valence-electron chi connectivity index (χ0n) is 10.2. The second kappa shape index (κ2) is 4.19. The molecule has 1 spiro atoms. The van der Waals surface area contributed by atoms with Crippen molar-refractivity contribution in [2.75, 3.05) is 33.0 Å². The highest BCUT2D eigenvalue weighted by Gasteiger charge is 2.49. The van der Waals surface area contributed by atoms with Crippen LogP contribution in [0, 0.1) is 11.3 Å².